The van der Waals surface area contributed by atoms with E-state index in [9.17, 15) is 33.1 Å². The molecule has 0 radical (unpaired) electrons. The highest BCUT2D eigenvalue weighted by Gasteiger charge is 2.58. The third-order valence-electron chi connectivity index (χ3n) is 6.82. The number of nitrogens with one attached hydrogen (secondary N) is 1. The van der Waals surface area contributed by atoms with Crippen LogP contribution < -0.4 is 5.32 Å². The Balaban J connectivity index is 1.42. The average molecular weight is 448 g/mol. The Labute approximate surface area is 184 Å². The maximum absolute atomic E-state index is 14.6. The number of carbonyl (C=O) groups is 4. The number of alkyl halides is 2. The maximum atomic E-state index is 14.6. The summed E-state index contributed by atoms with van der Waals surface area (Å²) in [6.45, 7) is 0.0132. The van der Waals surface area contributed by atoms with Crippen molar-refractivity contribution in [3.8, 4) is 0 Å². The first-order valence-electron chi connectivity index (χ1n) is 11.0. The Bertz CT molecular complexity index is 971. The van der Waals surface area contributed by atoms with Gasteiger partial charge in [-0.2, -0.15) is 8.78 Å². The maximum Gasteiger partial charge on any atom is 0.352 e. The predicted octanol–water partition coefficient (Wildman–Crippen LogP) is 2.28. The van der Waals surface area contributed by atoms with Gasteiger partial charge in [-0.15, -0.1) is 0 Å². The van der Waals surface area contributed by atoms with Crippen LogP contribution >= 0.6 is 0 Å². The minimum Gasteiger partial charge on any atom is -0.383 e. The van der Waals surface area contributed by atoms with Crippen molar-refractivity contribution in [3.05, 3.63) is 34.9 Å². The van der Waals surface area contributed by atoms with E-state index in [2.05, 4.69) is 5.32 Å². The summed E-state index contributed by atoms with van der Waals surface area (Å²) in [5.74, 6) is -6.09. The number of benzene rings is 1. The van der Waals surface area contributed by atoms with Crippen molar-refractivity contribution in [2.45, 2.75) is 82.0 Å². The van der Waals surface area contributed by atoms with Crippen LogP contribution in [0.4, 0.5) is 8.78 Å². The first kappa shape index (κ1) is 22.5. The Morgan fingerprint density at radius 1 is 1.19 bits per heavy atom. The highest BCUT2D eigenvalue weighted by Crippen LogP contribution is 2.40. The molecule has 3 aliphatic rings. The molecule has 1 unspecified atom stereocenters. The number of aliphatic hydroxyl groups is 1. The van der Waals surface area contributed by atoms with Crippen molar-refractivity contribution < 1.29 is 33.1 Å². The van der Waals surface area contributed by atoms with Crippen molar-refractivity contribution in [1.29, 1.82) is 0 Å². The third-order valence-corrected chi connectivity index (χ3v) is 6.82. The minimum absolute atomic E-state index is 0.115. The Kier molecular flexibility index (Phi) is 5.87. The Hall–Kier alpha value is -2.68. The van der Waals surface area contributed by atoms with Crippen LogP contribution in [0.5, 0.6) is 0 Å². The topological polar surface area (TPSA) is 104 Å². The molecule has 2 saturated carbocycles. The van der Waals surface area contributed by atoms with Crippen molar-refractivity contribution >= 4 is 23.4 Å². The number of hydrogen-bond acceptors (Lipinski definition) is 5. The molecule has 0 aromatic heterocycles. The zero-order valence-corrected chi connectivity index (χ0v) is 17.7. The number of Topliss-reactive ketones (excluding diaryl/α,β-unsaturated/α-hetero) is 2. The lowest BCUT2D eigenvalue weighted by atomic mass is 9.79. The molecule has 2 fully saturated rings. The summed E-state index contributed by atoms with van der Waals surface area (Å²) in [7, 11) is 0. The molecule has 2 amide bonds. The van der Waals surface area contributed by atoms with Gasteiger partial charge >= 0.3 is 5.92 Å². The molecule has 1 aromatic rings. The molecule has 2 aliphatic carbocycles. The molecule has 1 aromatic carbocycles. The first-order chi connectivity index (χ1) is 15.1. The van der Waals surface area contributed by atoms with E-state index in [0.717, 1.165) is 6.42 Å². The zero-order chi connectivity index (χ0) is 23.1. The van der Waals surface area contributed by atoms with E-state index in [1.807, 2.05) is 0 Å². The number of hydrogen-bond donors (Lipinski definition) is 2. The van der Waals surface area contributed by atoms with Crippen LogP contribution in [-0.2, 0) is 27.5 Å². The van der Waals surface area contributed by atoms with Gasteiger partial charge in [0.25, 0.3) is 11.8 Å². The Morgan fingerprint density at radius 2 is 1.91 bits per heavy atom. The monoisotopic (exact) mass is 448 g/mol. The van der Waals surface area contributed by atoms with E-state index >= 15 is 0 Å². The molecular weight excluding hydrogens is 422 g/mol. The lowest BCUT2D eigenvalue weighted by Crippen LogP contribution is -2.57. The highest BCUT2D eigenvalue weighted by molar-refractivity contribution is 6.07. The number of amides is 2. The number of ketones is 2. The van der Waals surface area contributed by atoms with E-state index in [0.29, 0.717) is 36.0 Å². The molecule has 2 N–H and O–H groups in total. The quantitative estimate of drug-likeness (QED) is 0.673. The minimum atomic E-state index is -3.89. The molecule has 0 saturated heterocycles. The number of nitrogens with zero attached hydrogens (tertiary/aromatic N) is 1. The molecule has 1 aliphatic heterocycles. The van der Waals surface area contributed by atoms with E-state index in [1.54, 1.807) is 18.2 Å². The van der Waals surface area contributed by atoms with Crippen molar-refractivity contribution in [2.75, 3.05) is 0 Å². The number of rotatable bonds is 5. The van der Waals surface area contributed by atoms with Gasteiger partial charge in [-0.3, -0.25) is 19.2 Å². The lowest BCUT2D eigenvalue weighted by Gasteiger charge is -2.37. The summed E-state index contributed by atoms with van der Waals surface area (Å²) < 4.78 is 29.2. The molecule has 1 atom stereocenters. The van der Waals surface area contributed by atoms with Gasteiger partial charge in [0.2, 0.25) is 0 Å². The second-order valence-electron chi connectivity index (χ2n) is 9.01. The van der Waals surface area contributed by atoms with Gasteiger partial charge in [0.15, 0.2) is 5.78 Å². The molecule has 4 rings (SSSR count). The highest BCUT2D eigenvalue weighted by atomic mass is 19.3. The van der Waals surface area contributed by atoms with Crippen LogP contribution in [0.3, 0.4) is 0 Å². The Morgan fingerprint density at radius 3 is 2.59 bits per heavy atom. The largest absolute Gasteiger partial charge is 0.383 e. The first-order valence-corrected chi connectivity index (χ1v) is 11.0. The molecule has 32 heavy (non-hydrogen) atoms. The normalized spacial score (nSPS) is 23.3. The molecule has 172 valence electrons. The van der Waals surface area contributed by atoms with E-state index in [-0.39, 0.29) is 56.2 Å². The molecule has 0 bridgehead atoms. The molecule has 7 nitrogen and oxygen atoms in total. The van der Waals surface area contributed by atoms with Gasteiger partial charge in [-0.05, 0) is 36.5 Å². The summed E-state index contributed by atoms with van der Waals surface area (Å²) in [5.41, 5.74) is -0.729. The fraction of sp³-hybridized carbons (Fsp3) is 0.565. The number of fused-ring (bicyclic) bond motifs is 1. The summed E-state index contributed by atoms with van der Waals surface area (Å²) in [6.07, 6.45) is 1.83. The second-order valence-corrected chi connectivity index (χ2v) is 9.01. The second kappa shape index (κ2) is 8.35. The van der Waals surface area contributed by atoms with Crippen molar-refractivity contribution in [2.24, 2.45) is 0 Å². The van der Waals surface area contributed by atoms with Crippen LogP contribution in [0.15, 0.2) is 18.2 Å². The van der Waals surface area contributed by atoms with Crippen molar-refractivity contribution in [1.82, 2.24) is 10.2 Å². The molecular formula is C23H26F2N2O5. The summed E-state index contributed by atoms with van der Waals surface area (Å²) in [4.78, 5) is 50.1. The molecule has 9 heteroatoms. The van der Waals surface area contributed by atoms with Crippen LogP contribution in [-0.4, -0.2) is 51.0 Å². The standard InChI is InChI=1S/C23H26F2N2O5/c24-23(25,22(32)8-2-1-3-9-22)21(31)26-12-14-4-6-17-15(10-14)13-27(20(17)30)18-7-5-16(28)11-19(18)29/h4,6,10,18,32H,1-3,5,7-9,11-13H2,(H,26,31). The van der Waals surface area contributed by atoms with E-state index in [1.165, 1.54) is 4.90 Å². The fourth-order valence-corrected chi connectivity index (χ4v) is 4.90. The zero-order valence-electron chi connectivity index (χ0n) is 17.7. The van der Waals surface area contributed by atoms with Gasteiger partial charge in [-0.25, -0.2) is 0 Å². The van der Waals surface area contributed by atoms with Crippen LogP contribution in [0.2, 0.25) is 0 Å². The van der Waals surface area contributed by atoms with Gasteiger partial charge in [0.1, 0.15) is 11.4 Å². The van der Waals surface area contributed by atoms with Crippen LogP contribution in [0.1, 0.15) is 72.9 Å². The van der Waals surface area contributed by atoms with Gasteiger partial charge in [-0.1, -0.05) is 31.4 Å². The smallest absolute Gasteiger partial charge is 0.352 e. The predicted molar refractivity (Wildman–Crippen MR) is 109 cm³/mol. The summed E-state index contributed by atoms with van der Waals surface area (Å²) in [6, 6.07) is 4.15. The van der Waals surface area contributed by atoms with Crippen LogP contribution in [0.25, 0.3) is 0 Å². The van der Waals surface area contributed by atoms with E-state index in [4.69, 9.17) is 0 Å². The van der Waals surface area contributed by atoms with Crippen LogP contribution in [0, 0.1) is 0 Å². The van der Waals surface area contributed by atoms with Gasteiger partial charge < -0.3 is 15.3 Å². The third kappa shape index (κ3) is 3.94. The SMILES string of the molecule is O=C1CCC(N2Cc3cc(CNC(=O)C(F)(F)C4(O)CCCCC4)ccc3C2=O)C(=O)C1. The lowest BCUT2D eigenvalue weighted by molar-refractivity contribution is -0.201. The van der Waals surface area contributed by atoms with Gasteiger partial charge in [0, 0.05) is 25.1 Å². The molecule has 1 heterocycles. The average Bonchev–Trinajstić information content (AvgIpc) is 3.08. The molecule has 0 spiro atoms. The number of halogens is 2. The van der Waals surface area contributed by atoms with E-state index < -0.39 is 23.5 Å². The van der Waals surface area contributed by atoms with Gasteiger partial charge in [0.05, 0.1) is 12.5 Å². The summed E-state index contributed by atoms with van der Waals surface area (Å²) in [5, 5.41) is 12.5. The fourth-order valence-electron chi connectivity index (χ4n) is 4.90. The number of carbonyl (C=O) groups excluding carboxylic acids is 4. The summed E-state index contributed by atoms with van der Waals surface area (Å²) >= 11 is 0. The van der Waals surface area contributed by atoms with Crippen molar-refractivity contribution in [3.63, 3.8) is 0 Å².